The molecule has 0 aliphatic carbocycles. The Kier molecular flexibility index (Phi) is 6.22. The molecule has 1 atom stereocenters. The number of rotatable bonds is 6. The molecule has 0 radical (unpaired) electrons. The topological polar surface area (TPSA) is 113 Å². The highest BCUT2D eigenvalue weighted by atomic mass is 16.5. The quantitative estimate of drug-likeness (QED) is 0.502. The Labute approximate surface area is 220 Å². The summed E-state index contributed by atoms with van der Waals surface area (Å²) in [5.41, 5.74) is 6.31. The highest BCUT2D eigenvalue weighted by Gasteiger charge is 2.62. The van der Waals surface area contributed by atoms with E-state index in [1.807, 2.05) is 37.3 Å². The van der Waals surface area contributed by atoms with Gasteiger partial charge in [-0.25, -0.2) is 4.79 Å². The zero-order chi connectivity index (χ0) is 27.2. The van der Waals surface area contributed by atoms with Crippen molar-refractivity contribution < 1.29 is 23.8 Å². The number of pyridine rings is 1. The van der Waals surface area contributed by atoms with Gasteiger partial charge in [-0.15, -0.1) is 0 Å². The monoisotopic (exact) mass is 515 g/mol. The van der Waals surface area contributed by atoms with Crippen LogP contribution in [0.2, 0.25) is 0 Å². The summed E-state index contributed by atoms with van der Waals surface area (Å²) in [6.45, 7) is 4.30. The molecule has 2 aliphatic heterocycles. The number of aromatic nitrogens is 1. The van der Waals surface area contributed by atoms with Crippen molar-refractivity contribution in [3.63, 3.8) is 0 Å². The number of benzene rings is 2. The minimum Gasteiger partial charge on any atom is -0.496 e. The van der Waals surface area contributed by atoms with Gasteiger partial charge in [-0.1, -0.05) is 43.3 Å². The Balaban J connectivity index is 1.86. The first kappa shape index (κ1) is 25.1. The third-order valence-electron chi connectivity index (χ3n) is 7.21. The second-order valence-corrected chi connectivity index (χ2v) is 9.28. The number of nitrogens with two attached hydrogens (primary N) is 1. The second-order valence-electron chi connectivity index (χ2n) is 9.28. The molecule has 0 saturated heterocycles. The van der Waals surface area contributed by atoms with Gasteiger partial charge in [-0.05, 0) is 25.5 Å². The molecular formula is C29H29N3O6. The number of methoxy groups -OCH3 is 2. The molecule has 2 aliphatic rings. The minimum absolute atomic E-state index is 0.0312. The van der Waals surface area contributed by atoms with E-state index in [0.717, 1.165) is 5.56 Å². The summed E-state index contributed by atoms with van der Waals surface area (Å²) >= 11 is 0. The number of nitrogens with zero attached hydrogens (tertiary/aromatic N) is 2. The number of carbonyl (C=O) groups is 2. The van der Waals surface area contributed by atoms with Gasteiger partial charge in [-0.2, -0.15) is 0 Å². The summed E-state index contributed by atoms with van der Waals surface area (Å²) in [5.74, 6) is -0.801. The van der Waals surface area contributed by atoms with E-state index in [0.29, 0.717) is 35.7 Å². The van der Waals surface area contributed by atoms with Crippen molar-refractivity contribution in [1.29, 1.82) is 0 Å². The smallest absolute Gasteiger partial charge is 0.340 e. The van der Waals surface area contributed by atoms with Gasteiger partial charge in [0.2, 0.25) is 11.8 Å². The summed E-state index contributed by atoms with van der Waals surface area (Å²) in [6.07, 6.45) is 0.665. The van der Waals surface area contributed by atoms with Crippen molar-refractivity contribution in [3.05, 3.63) is 98.8 Å². The number of carbonyl (C=O) groups excluding carboxylic acids is 2. The SMILES string of the molecule is CCCN1C(=O)C2(C(C(=O)OC)=C(N)Oc3cc(C)n(Cc4ccccc4OC)c(=O)c32)c2ccccc21. The molecule has 1 spiro atoms. The molecule has 1 aromatic heterocycles. The van der Waals surface area contributed by atoms with E-state index >= 15 is 0 Å². The summed E-state index contributed by atoms with van der Waals surface area (Å²) in [7, 11) is 2.77. The summed E-state index contributed by atoms with van der Waals surface area (Å²) in [5, 5.41) is 0. The van der Waals surface area contributed by atoms with Crippen LogP contribution < -0.4 is 25.7 Å². The molecule has 0 fully saturated rings. The van der Waals surface area contributed by atoms with Crippen LogP contribution in [-0.4, -0.2) is 37.2 Å². The molecule has 0 bridgehead atoms. The first-order valence-electron chi connectivity index (χ1n) is 12.4. The lowest BCUT2D eigenvalue weighted by Gasteiger charge is -2.36. The maximum Gasteiger partial charge on any atom is 0.340 e. The maximum atomic E-state index is 14.5. The molecule has 9 nitrogen and oxygen atoms in total. The van der Waals surface area contributed by atoms with Gasteiger partial charge in [0.1, 0.15) is 22.5 Å². The average molecular weight is 516 g/mol. The lowest BCUT2D eigenvalue weighted by Crippen LogP contribution is -2.52. The number of para-hydroxylation sites is 2. The zero-order valence-electron chi connectivity index (χ0n) is 21.7. The predicted molar refractivity (Wildman–Crippen MR) is 141 cm³/mol. The highest BCUT2D eigenvalue weighted by molar-refractivity contribution is 6.18. The van der Waals surface area contributed by atoms with Gasteiger partial charge in [0.25, 0.3) is 5.56 Å². The Morgan fingerprint density at radius 1 is 1.08 bits per heavy atom. The zero-order valence-corrected chi connectivity index (χ0v) is 21.7. The van der Waals surface area contributed by atoms with Crippen LogP contribution in [0, 0.1) is 6.92 Å². The molecule has 9 heteroatoms. The van der Waals surface area contributed by atoms with Crippen LogP contribution >= 0.6 is 0 Å². The van der Waals surface area contributed by atoms with Crippen molar-refractivity contribution >= 4 is 17.6 Å². The van der Waals surface area contributed by atoms with Crippen LogP contribution in [0.4, 0.5) is 5.69 Å². The number of aryl methyl sites for hydroxylation is 1. The predicted octanol–water partition coefficient (Wildman–Crippen LogP) is 2.99. The molecule has 3 heterocycles. The van der Waals surface area contributed by atoms with Crippen LogP contribution in [-0.2, 0) is 26.3 Å². The molecular weight excluding hydrogens is 486 g/mol. The molecule has 2 aromatic carbocycles. The number of amides is 1. The molecule has 38 heavy (non-hydrogen) atoms. The van der Waals surface area contributed by atoms with Crippen molar-refractivity contribution in [1.82, 2.24) is 4.57 Å². The molecule has 1 unspecified atom stereocenters. The van der Waals surface area contributed by atoms with E-state index in [1.165, 1.54) is 7.11 Å². The maximum absolute atomic E-state index is 14.5. The van der Waals surface area contributed by atoms with Crippen LogP contribution in [0.3, 0.4) is 0 Å². The van der Waals surface area contributed by atoms with E-state index in [9.17, 15) is 14.4 Å². The fourth-order valence-corrected chi connectivity index (χ4v) is 5.58. The summed E-state index contributed by atoms with van der Waals surface area (Å²) < 4.78 is 18.0. The van der Waals surface area contributed by atoms with Crippen molar-refractivity contribution in [3.8, 4) is 11.5 Å². The molecule has 5 rings (SSSR count). The fraction of sp³-hybridized carbons (Fsp3) is 0.276. The van der Waals surface area contributed by atoms with E-state index in [4.69, 9.17) is 19.9 Å². The second kappa shape index (κ2) is 9.41. The van der Waals surface area contributed by atoms with Crippen molar-refractivity contribution in [2.45, 2.75) is 32.2 Å². The minimum atomic E-state index is -1.83. The van der Waals surface area contributed by atoms with Crippen LogP contribution in [0.5, 0.6) is 11.5 Å². The lowest BCUT2D eigenvalue weighted by molar-refractivity contribution is -0.138. The van der Waals surface area contributed by atoms with Crippen LogP contribution in [0.1, 0.15) is 35.7 Å². The van der Waals surface area contributed by atoms with Crippen molar-refractivity contribution in [2.24, 2.45) is 5.73 Å². The summed E-state index contributed by atoms with van der Waals surface area (Å²) in [4.78, 5) is 43.8. The number of esters is 1. The normalized spacial score (nSPS) is 17.8. The molecule has 196 valence electrons. The van der Waals surface area contributed by atoms with Crippen LogP contribution in [0.25, 0.3) is 0 Å². The first-order valence-corrected chi connectivity index (χ1v) is 12.4. The third kappa shape index (κ3) is 3.42. The highest BCUT2D eigenvalue weighted by Crippen LogP contribution is 2.54. The van der Waals surface area contributed by atoms with Gasteiger partial charge in [0, 0.05) is 35.1 Å². The number of hydrogen-bond donors (Lipinski definition) is 1. The summed E-state index contributed by atoms with van der Waals surface area (Å²) in [6, 6.07) is 16.2. The largest absolute Gasteiger partial charge is 0.496 e. The molecule has 2 N–H and O–H groups in total. The Hall–Kier alpha value is -4.53. The first-order chi connectivity index (χ1) is 18.3. The molecule has 3 aromatic rings. The Bertz CT molecular complexity index is 1560. The van der Waals surface area contributed by atoms with E-state index in [1.54, 1.807) is 47.8 Å². The van der Waals surface area contributed by atoms with E-state index in [2.05, 4.69) is 0 Å². The lowest BCUT2D eigenvalue weighted by atomic mass is 9.68. The third-order valence-corrected chi connectivity index (χ3v) is 7.21. The number of anilines is 1. The number of hydrogen-bond acceptors (Lipinski definition) is 7. The van der Waals surface area contributed by atoms with Gasteiger partial charge >= 0.3 is 5.97 Å². The Morgan fingerprint density at radius 2 is 1.79 bits per heavy atom. The molecule has 1 amide bonds. The number of ether oxygens (including phenoxy) is 3. The average Bonchev–Trinajstić information content (AvgIpc) is 3.14. The van der Waals surface area contributed by atoms with E-state index in [-0.39, 0.29) is 29.3 Å². The van der Waals surface area contributed by atoms with Crippen LogP contribution in [0.15, 0.2) is 70.8 Å². The number of fused-ring (bicyclic) bond motifs is 4. The molecule has 0 saturated carbocycles. The Morgan fingerprint density at radius 3 is 2.50 bits per heavy atom. The standard InChI is InChI=1S/C29H29N3O6/c1-5-14-31-20-12-8-7-11-19(20)29(28(31)35)23-22(38-25(30)24(29)27(34)37-4)15-17(2)32(26(23)33)16-18-10-6-9-13-21(18)36-3/h6-13,15H,5,14,16,30H2,1-4H3. The van der Waals surface area contributed by atoms with Gasteiger partial charge in [0.05, 0.1) is 26.3 Å². The van der Waals surface area contributed by atoms with Gasteiger partial charge in [-0.3, -0.25) is 9.59 Å². The fourth-order valence-electron chi connectivity index (χ4n) is 5.58. The van der Waals surface area contributed by atoms with Gasteiger partial charge < -0.3 is 29.4 Å². The van der Waals surface area contributed by atoms with Crippen molar-refractivity contribution in [2.75, 3.05) is 25.7 Å². The van der Waals surface area contributed by atoms with Gasteiger partial charge in [0.15, 0.2) is 0 Å². The van der Waals surface area contributed by atoms with E-state index < -0.39 is 22.9 Å².